The van der Waals surface area contributed by atoms with Gasteiger partial charge in [0.1, 0.15) is 29.9 Å². The van der Waals surface area contributed by atoms with Gasteiger partial charge in [0.15, 0.2) is 0 Å². The number of aliphatic hydroxyl groups excluding tert-OH is 1. The lowest BCUT2D eigenvalue weighted by Gasteiger charge is -2.23. The number of nitrogens with two attached hydrogens (primary N) is 2. The molecule has 0 aromatic heterocycles. The fourth-order valence-electron chi connectivity index (χ4n) is 5.33. The monoisotopic (exact) mass is 784 g/mol. The van der Waals surface area contributed by atoms with Crippen LogP contribution >= 0.6 is 0 Å². The van der Waals surface area contributed by atoms with E-state index in [1.54, 1.807) is 24.3 Å². The number of phenolic OH excluding ortho intramolecular Hbond substituents is 1. The maximum atomic E-state index is 13.1. The van der Waals surface area contributed by atoms with Gasteiger partial charge in [-0.1, -0.05) is 33.8 Å². The Morgan fingerprint density at radius 3 is 1.95 bits per heavy atom. The standard InChI is InChI=1S/C37H56N10O9/c1-20(2)15-27(42-32(50)18-38)36(54)45-29(19-48)34(52)41-14-13-22-5-11-30(49)26(17-22)47-46-24-8-6-23(7-9-24)33(51)43-25(10-12-31(39)40)35(53)44-28(37(55)56)16-21(3)4/h5-9,11,17,20-21,25,27-29,46-49H,10,12-16,18-19,38H2,1-4H3,(H3,39,40)(H,41,52)(H,42,50)(H,43,51)(H,44,53)(H,45,54)(H,55,56)/t25-,27-,28-,29-/m0/s1. The van der Waals surface area contributed by atoms with Crippen LogP contribution in [0.2, 0.25) is 0 Å². The van der Waals surface area contributed by atoms with E-state index < -0.39 is 66.3 Å². The Bertz CT molecular complexity index is 1670. The number of aromatic hydroxyl groups is 1. The molecule has 4 atom stereocenters. The predicted octanol–water partition coefficient (Wildman–Crippen LogP) is -0.113. The Morgan fingerprint density at radius 2 is 1.38 bits per heavy atom. The topological polar surface area (TPSA) is 323 Å². The maximum absolute atomic E-state index is 13.1. The van der Waals surface area contributed by atoms with Crippen LogP contribution in [-0.4, -0.2) is 101 Å². The summed E-state index contributed by atoms with van der Waals surface area (Å²) in [4.78, 5) is 75.1. The number of hydrogen-bond acceptors (Lipinski definition) is 12. The molecule has 0 saturated heterocycles. The molecule has 19 heteroatoms. The van der Waals surface area contributed by atoms with Gasteiger partial charge in [0.25, 0.3) is 5.91 Å². The zero-order valence-corrected chi connectivity index (χ0v) is 32.1. The first-order chi connectivity index (χ1) is 26.4. The fraction of sp³-hybridized carbons (Fsp3) is 0.486. The van der Waals surface area contributed by atoms with Gasteiger partial charge in [0.2, 0.25) is 23.6 Å². The number of aliphatic hydroxyl groups is 1. The Hall–Kier alpha value is -5.95. The zero-order valence-electron chi connectivity index (χ0n) is 32.1. The van der Waals surface area contributed by atoms with Crippen LogP contribution in [0.15, 0.2) is 42.5 Å². The minimum Gasteiger partial charge on any atom is -0.506 e. The molecule has 5 amide bonds. The first kappa shape index (κ1) is 46.2. The van der Waals surface area contributed by atoms with Crippen LogP contribution in [-0.2, 0) is 30.4 Å². The number of aliphatic carboxylic acids is 1. The molecular formula is C37H56N10O9. The normalized spacial score (nSPS) is 13.1. The van der Waals surface area contributed by atoms with Crippen molar-refractivity contribution in [1.29, 1.82) is 5.41 Å². The van der Waals surface area contributed by atoms with Gasteiger partial charge in [0, 0.05) is 18.5 Å². The first-order valence-electron chi connectivity index (χ1n) is 18.2. The Kier molecular flexibility index (Phi) is 19.0. The van der Waals surface area contributed by atoms with E-state index >= 15 is 0 Å². The van der Waals surface area contributed by atoms with E-state index in [1.807, 2.05) is 27.7 Å². The van der Waals surface area contributed by atoms with Gasteiger partial charge in [-0.15, -0.1) is 0 Å². The Morgan fingerprint density at radius 1 is 0.768 bits per heavy atom. The second kappa shape index (κ2) is 23.1. The van der Waals surface area contributed by atoms with E-state index in [0.717, 1.165) is 0 Å². The van der Waals surface area contributed by atoms with E-state index in [2.05, 4.69) is 37.4 Å². The highest BCUT2D eigenvalue weighted by Gasteiger charge is 2.28. The number of anilines is 2. The Labute approximate surface area is 325 Å². The van der Waals surface area contributed by atoms with Crippen molar-refractivity contribution in [2.75, 3.05) is 30.5 Å². The molecule has 19 nitrogen and oxygen atoms in total. The average molecular weight is 785 g/mol. The molecule has 0 unspecified atom stereocenters. The molecule has 0 saturated carbocycles. The van der Waals surface area contributed by atoms with Crippen molar-refractivity contribution in [2.24, 2.45) is 23.3 Å². The third-order valence-electron chi connectivity index (χ3n) is 8.27. The summed E-state index contributed by atoms with van der Waals surface area (Å²) in [6, 6.07) is 6.36. The second-order valence-corrected chi connectivity index (χ2v) is 14.0. The second-order valence-electron chi connectivity index (χ2n) is 14.0. The number of amidine groups is 1. The van der Waals surface area contributed by atoms with Gasteiger partial charge in [0.05, 0.1) is 30.4 Å². The highest BCUT2D eigenvalue weighted by molar-refractivity contribution is 5.98. The van der Waals surface area contributed by atoms with E-state index in [1.165, 1.54) is 18.2 Å². The number of benzene rings is 2. The smallest absolute Gasteiger partial charge is 0.326 e. The summed E-state index contributed by atoms with van der Waals surface area (Å²) in [5.41, 5.74) is 18.3. The van der Waals surface area contributed by atoms with Crippen LogP contribution in [0.5, 0.6) is 5.75 Å². The third-order valence-corrected chi connectivity index (χ3v) is 8.27. The lowest BCUT2D eigenvalue weighted by molar-refractivity contribution is -0.142. The molecular weight excluding hydrogens is 728 g/mol. The summed E-state index contributed by atoms with van der Waals surface area (Å²) < 4.78 is 0. The summed E-state index contributed by atoms with van der Waals surface area (Å²) in [6.07, 6.45) is 0.789. The van der Waals surface area contributed by atoms with Crippen molar-refractivity contribution < 1.29 is 44.1 Å². The molecule has 0 fully saturated rings. The fourth-order valence-corrected chi connectivity index (χ4v) is 5.33. The van der Waals surface area contributed by atoms with Gasteiger partial charge in [-0.05, 0) is 79.5 Å². The first-order valence-corrected chi connectivity index (χ1v) is 18.2. The van der Waals surface area contributed by atoms with Gasteiger partial charge < -0.3 is 58.8 Å². The molecule has 56 heavy (non-hydrogen) atoms. The van der Waals surface area contributed by atoms with Crippen molar-refractivity contribution in [2.45, 2.75) is 84.0 Å². The highest BCUT2D eigenvalue weighted by Crippen LogP contribution is 2.25. The number of rotatable bonds is 24. The summed E-state index contributed by atoms with van der Waals surface area (Å²) in [5, 5.41) is 50.0. The average Bonchev–Trinajstić information content (AvgIpc) is 3.14. The van der Waals surface area contributed by atoms with Crippen LogP contribution in [0.3, 0.4) is 0 Å². The van der Waals surface area contributed by atoms with Gasteiger partial charge >= 0.3 is 5.97 Å². The van der Waals surface area contributed by atoms with Crippen molar-refractivity contribution in [3.05, 3.63) is 53.6 Å². The van der Waals surface area contributed by atoms with Crippen molar-refractivity contribution >= 4 is 52.7 Å². The highest BCUT2D eigenvalue weighted by atomic mass is 16.4. The molecule has 0 aliphatic heterocycles. The summed E-state index contributed by atoms with van der Waals surface area (Å²) >= 11 is 0. The number of amides is 5. The molecule has 2 aromatic carbocycles. The number of carbonyl (C=O) groups is 6. The van der Waals surface area contributed by atoms with Gasteiger partial charge in [-0.3, -0.25) is 34.8 Å². The number of nitrogens with one attached hydrogen (secondary N) is 8. The number of phenols is 1. The molecule has 2 aromatic rings. The van der Waals surface area contributed by atoms with Crippen LogP contribution in [0.25, 0.3) is 0 Å². The SMILES string of the molecule is CC(C)C[C@H](NC(=O)[C@H](CCC(=N)N)NC(=O)c1ccc(NNc2cc(CCNC(=O)[C@H](CO)NC(=O)[C@H](CC(C)C)NC(=O)CN)ccc2O)cc1)C(=O)O. The summed E-state index contributed by atoms with van der Waals surface area (Å²) in [5.74, 6) is -4.56. The van der Waals surface area contributed by atoms with Crippen molar-refractivity contribution in [1.82, 2.24) is 26.6 Å². The largest absolute Gasteiger partial charge is 0.506 e. The number of hydrogen-bond donors (Lipinski definition) is 13. The van der Waals surface area contributed by atoms with Crippen LogP contribution in [0.1, 0.15) is 69.3 Å². The zero-order chi connectivity index (χ0) is 41.9. The number of carboxylic acids is 1. The van der Waals surface area contributed by atoms with Gasteiger partial charge in [-0.2, -0.15) is 0 Å². The number of carbonyl (C=O) groups excluding carboxylic acids is 5. The minimum absolute atomic E-state index is 0.000447. The predicted molar refractivity (Wildman–Crippen MR) is 209 cm³/mol. The lowest BCUT2D eigenvalue weighted by atomic mass is 10.0. The van der Waals surface area contributed by atoms with E-state index in [0.29, 0.717) is 29.8 Å². The molecule has 15 N–H and O–H groups in total. The van der Waals surface area contributed by atoms with E-state index in [4.69, 9.17) is 16.9 Å². The van der Waals surface area contributed by atoms with Crippen LogP contribution < -0.4 is 48.9 Å². The van der Waals surface area contributed by atoms with Gasteiger partial charge in [-0.25, -0.2) is 4.79 Å². The minimum atomic E-state index is -1.26. The molecule has 0 spiro atoms. The third kappa shape index (κ3) is 16.2. The molecule has 0 aliphatic rings. The molecule has 2 rings (SSSR count). The van der Waals surface area contributed by atoms with Crippen LogP contribution in [0, 0.1) is 17.2 Å². The van der Waals surface area contributed by atoms with E-state index in [-0.39, 0.29) is 61.3 Å². The molecule has 0 heterocycles. The van der Waals surface area contributed by atoms with E-state index in [9.17, 15) is 44.1 Å². The number of hydrazine groups is 1. The van der Waals surface area contributed by atoms with Crippen molar-refractivity contribution in [3.63, 3.8) is 0 Å². The quantitative estimate of drug-likeness (QED) is 0.0286. The van der Waals surface area contributed by atoms with Crippen molar-refractivity contribution in [3.8, 4) is 5.75 Å². The summed E-state index contributed by atoms with van der Waals surface area (Å²) in [7, 11) is 0. The maximum Gasteiger partial charge on any atom is 0.326 e. The molecule has 0 aliphatic carbocycles. The van der Waals surface area contributed by atoms with Crippen LogP contribution in [0.4, 0.5) is 11.4 Å². The molecule has 308 valence electrons. The lowest BCUT2D eigenvalue weighted by Crippen LogP contribution is -2.56. The summed E-state index contributed by atoms with van der Waals surface area (Å²) in [6.45, 7) is 6.51. The Balaban J connectivity index is 1.99. The number of carboxylic acid groups (broad SMARTS) is 1. The molecule has 0 bridgehead atoms. The molecule has 0 radical (unpaired) electrons.